The van der Waals surface area contributed by atoms with Gasteiger partial charge in [-0.05, 0) is 32.2 Å². The fourth-order valence-corrected chi connectivity index (χ4v) is 1.92. The molecule has 1 fully saturated rings. The second-order valence-electron chi connectivity index (χ2n) is 5.58. The van der Waals surface area contributed by atoms with Gasteiger partial charge in [0.05, 0.1) is 12.5 Å². The fourth-order valence-electron chi connectivity index (χ4n) is 1.92. The van der Waals surface area contributed by atoms with Crippen LogP contribution in [0.1, 0.15) is 41.0 Å². The molecule has 0 aromatic rings. The van der Waals surface area contributed by atoms with Crippen molar-refractivity contribution in [2.24, 2.45) is 11.8 Å². The summed E-state index contributed by atoms with van der Waals surface area (Å²) in [4.78, 5) is 25.0. The van der Waals surface area contributed by atoms with Gasteiger partial charge in [-0.15, -0.1) is 0 Å². The number of imide groups is 1. The lowest BCUT2D eigenvalue weighted by molar-refractivity contribution is -0.140. The summed E-state index contributed by atoms with van der Waals surface area (Å²) in [7, 11) is 0. The lowest BCUT2D eigenvalue weighted by Gasteiger charge is -2.21. The number of amides is 2. The molecule has 2 atom stereocenters. The first-order valence-electron chi connectivity index (χ1n) is 6.43. The normalized spacial score (nSPS) is 23.0. The van der Waals surface area contributed by atoms with Crippen molar-refractivity contribution in [3.8, 4) is 0 Å². The number of hydrogen-bond donors (Lipinski definition) is 1. The standard InChI is InChI=1S/C13H24N2O2/c1-8(2)10(5)7-14-11-6-12(16)15(9(3)4)13(11)17/h8-11,14H,6-7H2,1-5H3. The summed E-state index contributed by atoms with van der Waals surface area (Å²) in [5, 5.41) is 3.22. The van der Waals surface area contributed by atoms with E-state index >= 15 is 0 Å². The minimum absolute atomic E-state index is 0.0377. The third kappa shape index (κ3) is 3.28. The second-order valence-corrected chi connectivity index (χ2v) is 5.58. The maximum Gasteiger partial charge on any atom is 0.247 e. The van der Waals surface area contributed by atoms with Crippen molar-refractivity contribution in [2.45, 2.75) is 53.1 Å². The van der Waals surface area contributed by atoms with Crippen LogP contribution in [-0.2, 0) is 9.59 Å². The Bertz CT molecular complexity index is 300. The molecule has 0 saturated carbocycles. The van der Waals surface area contributed by atoms with E-state index in [4.69, 9.17) is 0 Å². The van der Waals surface area contributed by atoms with Crippen LogP contribution in [0, 0.1) is 11.8 Å². The molecule has 17 heavy (non-hydrogen) atoms. The van der Waals surface area contributed by atoms with E-state index in [1.165, 1.54) is 4.90 Å². The highest BCUT2D eigenvalue weighted by Gasteiger charge is 2.39. The molecule has 4 heteroatoms. The SMILES string of the molecule is CC(C)C(C)CNC1CC(=O)N(C(C)C)C1=O. The van der Waals surface area contributed by atoms with E-state index in [0.29, 0.717) is 18.3 Å². The Morgan fingerprint density at radius 1 is 1.24 bits per heavy atom. The molecule has 0 aromatic carbocycles. The van der Waals surface area contributed by atoms with Crippen molar-refractivity contribution in [3.05, 3.63) is 0 Å². The Morgan fingerprint density at radius 2 is 1.82 bits per heavy atom. The predicted molar refractivity (Wildman–Crippen MR) is 67.4 cm³/mol. The summed E-state index contributed by atoms with van der Waals surface area (Å²) >= 11 is 0. The lowest BCUT2D eigenvalue weighted by Crippen LogP contribution is -2.43. The highest BCUT2D eigenvalue weighted by Crippen LogP contribution is 2.17. The number of nitrogens with zero attached hydrogens (tertiary/aromatic N) is 1. The lowest BCUT2D eigenvalue weighted by atomic mass is 9.98. The van der Waals surface area contributed by atoms with Gasteiger partial charge in [0.2, 0.25) is 11.8 Å². The first-order valence-corrected chi connectivity index (χ1v) is 6.43. The second kappa shape index (κ2) is 5.63. The third-order valence-electron chi connectivity index (χ3n) is 3.52. The average Bonchev–Trinajstić information content (AvgIpc) is 2.50. The molecule has 98 valence electrons. The zero-order valence-electron chi connectivity index (χ0n) is 11.5. The van der Waals surface area contributed by atoms with Gasteiger partial charge in [-0.1, -0.05) is 20.8 Å². The summed E-state index contributed by atoms with van der Waals surface area (Å²) in [6, 6.07) is -0.351. The number of carbonyl (C=O) groups excluding carboxylic acids is 2. The Balaban J connectivity index is 2.52. The van der Waals surface area contributed by atoms with Crippen LogP contribution in [0.5, 0.6) is 0 Å². The van der Waals surface area contributed by atoms with Crippen molar-refractivity contribution < 1.29 is 9.59 Å². The van der Waals surface area contributed by atoms with Crippen molar-refractivity contribution >= 4 is 11.8 Å². The van der Waals surface area contributed by atoms with Crippen LogP contribution in [0.15, 0.2) is 0 Å². The Morgan fingerprint density at radius 3 is 2.24 bits per heavy atom. The summed E-state index contributed by atoms with van der Waals surface area (Å²) in [5.74, 6) is 0.961. The van der Waals surface area contributed by atoms with E-state index in [1.807, 2.05) is 13.8 Å². The molecule has 1 aliphatic rings. The quantitative estimate of drug-likeness (QED) is 0.739. The first kappa shape index (κ1) is 14.2. The van der Waals surface area contributed by atoms with E-state index in [1.54, 1.807) is 0 Å². The molecule has 2 amide bonds. The van der Waals surface area contributed by atoms with Gasteiger partial charge in [0, 0.05) is 6.04 Å². The van der Waals surface area contributed by atoms with Gasteiger partial charge >= 0.3 is 0 Å². The molecular weight excluding hydrogens is 216 g/mol. The molecule has 0 spiro atoms. The summed E-state index contributed by atoms with van der Waals surface area (Å²) < 4.78 is 0. The molecular formula is C13H24N2O2. The molecule has 1 rings (SSSR count). The largest absolute Gasteiger partial charge is 0.305 e. The van der Waals surface area contributed by atoms with Crippen molar-refractivity contribution in [3.63, 3.8) is 0 Å². The monoisotopic (exact) mass is 240 g/mol. The number of hydrogen-bond acceptors (Lipinski definition) is 3. The van der Waals surface area contributed by atoms with E-state index < -0.39 is 0 Å². The van der Waals surface area contributed by atoms with E-state index in [-0.39, 0.29) is 23.9 Å². The molecule has 1 heterocycles. The molecule has 2 unspecified atom stereocenters. The minimum Gasteiger partial charge on any atom is -0.305 e. The van der Waals surface area contributed by atoms with Crippen LogP contribution >= 0.6 is 0 Å². The Kier molecular flexibility index (Phi) is 4.69. The highest BCUT2D eigenvalue weighted by atomic mass is 16.2. The van der Waals surface area contributed by atoms with Crippen LogP contribution < -0.4 is 5.32 Å². The molecule has 0 bridgehead atoms. The van der Waals surface area contributed by atoms with Crippen LogP contribution in [-0.4, -0.2) is 35.3 Å². The van der Waals surface area contributed by atoms with E-state index in [9.17, 15) is 9.59 Å². The third-order valence-corrected chi connectivity index (χ3v) is 3.52. The number of likely N-dealkylation sites (tertiary alicyclic amines) is 1. The van der Waals surface area contributed by atoms with Crippen LogP contribution in [0.25, 0.3) is 0 Å². The average molecular weight is 240 g/mol. The number of carbonyl (C=O) groups is 2. The zero-order chi connectivity index (χ0) is 13.2. The molecule has 1 saturated heterocycles. The maximum atomic E-state index is 12.0. The fraction of sp³-hybridized carbons (Fsp3) is 0.846. The van der Waals surface area contributed by atoms with E-state index in [2.05, 4.69) is 26.1 Å². The minimum atomic E-state index is -0.314. The van der Waals surface area contributed by atoms with Crippen LogP contribution in [0.4, 0.5) is 0 Å². The highest BCUT2D eigenvalue weighted by molar-refractivity contribution is 6.05. The molecule has 0 aliphatic carbocycles. The predicted octanol–water partition coefficient (Wildman–Crippen LogP) is 1.40. The summed E-state index contributed by atoms with van der Waals surface area (Å²) in [6.07, 6.45) is 0.307. The molecule has 4 nitrogen and oxygen atoms in total. The summed E-state index contributed by atoms with van der Waals surface area (Å²) in [6.45, 7) is 11.0. The number of rotatable bonds is 5. The van der Waals surface area contributed by atoms with Gasteiger partial charge in [0.1, 0.15) is 0 Å². The van der Waals surface area contributed by atoms with Gasteiger partial charge in [-0.2, -0.15) is 0 Å². The van der Waals surface area contributed by atoms with Gasteiger partial charge in [-0.3, -0.25) is 14.5 Å². The van der Waals surface area contributed by atoms with Gasteiger partial charge < -0.3 is 5.32 Å². The Hall–Kier alpha value is -0.900. The summed E-state index contributed by atoms with van der Waals surface area (Å²) in [5.41, 5.74) is 0. The van der Waals surface area contributed by atoms with Crippen LogP contribution in [0.3, 0.4) is 0 Å². The van der Waals surface area contributed by atoms with Gasteiger partial charge in [0.15, 0.2) is 0 Å². The van der Waals surface area contributed by atoms with Crippen molar-refractivity contribution in [1.29, 1.82) is 0 Å². The first-order chi connectivity index (χ1) is 7.84. The molecule has 1 N–H and O–H groups in total. The van der Waals surface area contributed by atoms with Crippen molar-refractivity contribution in [1.82, 2.24) is 10.2 Å². The zero-order valence-corrected chi connectivity index (χ0v) is 11.5. The van der Waals surface area contributed by atoms with E-state index in [0.717, 1.165) is 6.54 Å². The van der Waals surface area contributed by atoms with Gasteiger partial charge in [-0.25, -0.2) is 0 Å². The van der Waals surface area contributed by atoms with Gasteiger partial charge in [0.25, 0.3) is 0 Å². The smallest absolute Gasteiger partial charge is 0.247 e. The Labute approximate surface area is 104 Å². The molecule has 0 aromatic heterocycles. The molecule has 0 radical (unpaired) electrons. The molecule has 1 aliphatic heterocycles. The topological polar surface area (TPSA) is 49.4 Å². The maximum absolute atomic E-state index is 12.0. The van der Waals surface area contributed by atoms with Crippen molar-refractivity contribution in [2.75, 3.05) is 6.54 Å². The van der Waals surface area contributed by atoms with Crippen LogP contribution in [0.2, 0.25) is 0 Å². The number of nitrogens with one attached hydrogen (secondary N) is 1.